The van der Waals surface area contributed by atoms with E-state index in [9.17, 15) is 13.0 Å². The number of allylic oxidation sites excluding steroid dienone is 4. The molecule has 0 aliphatic heterocycles. The first-order valence-electron chi connectivity index (χ1n) is 23.6. The third-order valence-corrected chi connectivity index (χ3v) is 22.0. The van der Waals surface area contributed by atoms with Crippen LogP contribution in [-0.2, 0) is 10.1 Å². The zero-order valence-corrected chi connectivity index (χ0v) is 36.5. The van der Waals surface area contributed by atoms with E-state index in [1.165, 1.54) is 122 Å². The quantitative estimate of drug-likeness (QED) is 0.230. The third kappa shape index (κ3) is 7.71. The summed E-state index contributed by atoms with van der Waals surface area (Å²) in [5, 5.41) is 0. The highest BCUT2D eigenvalue weighted by molar-refractivity contribution is 8.36. The van der Waals surface area contributed by atoms with Crippen LogP contribution in [0.3, 0.4) is 0 Å². The smallest absolute Gasteiger partial charge is 0.264 e. The predicted octanol–water partition coefficient (Wildman–Crippen LogP) is 14.6. The molecule has 4 bridgehead atoms. The second-order valence-corrected chi connectivity index (χ2v) is 25.4. The second-order valence-electron chi connectivity index (χ2n) is 20.3. The van der Waals surface area contributed by atoms with Crippen molar-refractivity contribution in [3.8, 4) is 0 Å². The molecule has 0 saturated heterocycles. The van der Waals surface area contributed by atoms with Crippen LogP contribution in [0, 0.1) is 35.0 Å². The van der Waals surface area contributed by atoms with Crippen molar-refractivity contribution in [2.45, 2.75) is 183 Å². The van der Waals surface area contributed by atoms with Crippen LogP contribution in [0.25, 0.3) is 0 Å². The van der Waals surface area contributed by atoms with Gasteiger partial charge in [0.15, 0.2) is 0 Å². The maximum atomic E-state index is 11.9. The zero-order valence-electron chi connectivity index (χ0n) is 34.9. The summed E-state index contributed by atoms with van der Waals surface area (Å²) in [4.78, 5) is 4.89. The van der Waals surface area contributed by atoms with Crippen molar-refractivity contribution in [1.29, 1.82) is 0 Å². The molecule has 1 N–H and O–H groups in total. The minimum absolute atomic E-state index is 0.0685. The summed E-state index contributed by atoms with van der Waals surface area (Å²) in [6, 6.07) is 18.4. The van der Waals surface area contributed by atoms with Crippen molar-refractivity contribution in [2.24, 2.45) is 35.0 Å². The Hall–Kier alpha value is -1.82. The van der Waals surface area contributed by atoms with E-state index >= 15 is 0 Å². The highest BCUT2D eigenvalue weighted by Gasteiger charge is 2.56. The van der Waals surface area contributed by atoms with Gasteiger partial charge in [0, 0.05) is 0 Å². The molecule has 3 nitrogen and oxygen atoms in total. The van der Waals surface area contributed by atoms with E-state index in [0.717, 1.165) is 36.3 Å². The molecular formula is C51H72O3S2. The summed E-state index contributed by atoms with van der Waals surface area (Å²) in [6.07, 6.45) is 33.7. The monoisotopic (exact) mass is 796 g/mol. The third-order valence-electron chi connectivity index (χ3n) is 17.0. The lowest BCUT2D eigenvalue weighted by molar-refractivity contribution is -0.0711. The van der Waals surface area contributed by atoms with Crippen LogP contribution < -0.4 is 0 Å². The molecular weight excluding hydrogens is 725 g/mol. The minimum atomic E-state index is -3.94. The molecule has 56 heavy (non-hydrogen) atoms. The molecule has 0 spiro atoms. The minimum Gasteiger partial charge on any atom is -0.286 e. The first-order valence-corrected chi connectivity index (χ1v) is 27.0. The zero-order chi connectivity index (χ0) is 38.5. The van der Waals surface area contributed by atoms with E-state index in [1.54, 1.807) is 37.0 Å². The van der Waals surface area contributed by atoms with E-state index in [0.29, 0.717) is 36.0 Å². The van der Waals surface area contributed by atoms with Crippen LogP contribution in [0.5, 0.6) is 0 Å². The van der Waals surface area contributed by atoms with E-state index in [4.69, 9.17) is 0 Å². The molecule has 0 aromatic heterocycles. The summed E-state index contributed by atoms with van der Waals surface area (Å²) in [6.45, 7) is 5.08. The van der Waals surface area contributed by atoms with Gasteiger partial charge in [-0.15, -0.1) is 0 Å². The van der Waals surface area contributed by atoms with E-state index in [2.05, 4.69) is 68.5 Å². The van der Waals surface area contributed by atoms with Gasteiger partial charge in [-0.3, -0.25) is 4.55 Å². The summed E-state index contributed by atoms with van der Waals surface area (Å²) in [5.74, 6) is 6.36. The Kier molecular flexibility index (Phi) is 11.6. The van der Waals surface area contributed by atoms with Gasteiger partial charge in [0.1, 0.15) is 0 Å². The number of benzene rings is 2. The Morgan fingerprint density at radius 1 is 0.679 bits per heavy atom. The average Bonchev–Trinajstić information content (AvgIpc) is 3.22. The van der Waals surface area contributed by atoms with Crippen molar-refractivity contribution in [3.63, 3.8) is 0 Å². The van der Waals surface area contributed by atoms with Gasteiger partial charge in [-0.25, -0.2) is 0 Å². The van der Waals surface area contributed by atoms with Crippen molar-refractivity contribution < 1.29 is 13.0 Å². The van der Waals surface area contributed by atoms with E-state index < -0.39 is 20.1 Å². The first-order chi connectivity index (χ1) is 27.1. The Morgan fingerprint density at radius 3 is 1.86 bits per heavy atom. The lowest BCUT2D eigenvalue weighted by Crippen LogP contribution is -2.50. The van der Waals surface area contributed by atoms with Crippen molar-refractivity contribution >= 4 is 20.1 Å². The lowest BCUT2D eigenvalue weighted by Gasteiger charge is -2.61. The van der Waals surface area contributed by atoms with Gasteiger partial charge in [0.25, 0.3) is 10.1 Å². The van der Waals surface area contributed by atoms with Gasteiger partial charge in [0.2, 0.25) is 0 Å². The number of hydrogen-bond donors (Lipinski definition) is 1. The summed E-state index contributed by atoms with van der Waals surface area (Å²) in [5.41, 5.74) is 6.76. The van der Waals surface area contributed by atoms with Crippen LogP contribution in [0.2, 0.25) is 0 Å². The maximum absolute atomic E-state index is 11.9. The fourth-order valence-corrected chi connectivity index (χ4v) is 19.4. The molecule has 10 rings (SSSR count). The summed E-state index contributed by atoms with van der Waals surface area (Å²) in [7, 11) is -5.40. The van der Waals surface area contributed by atoms with Crippen LogP contribution in [-0.4, -0.2) is 24.5 Å². The highest BCUT2D eigenvalue weighted by Crippen LogP contribution is 2.72. The largest absolute Gasteiger partial charge is 0.286 e. The maximum Gasteiger partial charge on any atom is 0.264 e. The topological polar surface area (TPSA) is 54.4 Å². The highest BCUT2D eigenvalue weighted by atomic mass is 32.3. The molecule has 2 aromatic carbocycles. The number of hydrogen-bond acceptors (Lipinski definition) is 2. The summed E-state index contributed by atoms with van der Waals surface area (Å²) >= 11 is 0. The number of rotatable bonds is 11. The van der Waals surface area contributed by atoms with Gasteiger partial charge >= 0.3 is 0 Å². The molecule has 4 atom stereocenters. The average molecular weight is 797 g/mol. The van der Waals surface area contributed by atoms with Gasteiger partial charge in [-0.05, 0) is 198 Å². The molecule has 0 radical (unpaired) electrons. The van der Waals surface area contributed by atoms with E-state index in [-0.39, 0.29) is 11.2 Å². The molecule has 306 valence electrons. The van der Waals surface area contributed by atoms with Crippen LogP contribution in [0.1, 0.15) is 190 Å². The standard InChI is InChI=1S/C51H72O3S2/c1-3-55(45-22-19-40(20-23-45)38-13-7-4-8-14-38,49-26-21-42(29-36(49)2)39-15-9-5-10-16-39)46-24-25-47(48(32-46)41-17-11-6-12-18-41)50-43-30-37-31-44(50)35-51(33-37,34-43)27-28-56(52,53)54/h19-26,32,36-39,41,43-44,50H,3-18,27-31,33-35H2,1-2H3,(H,52,53,54). The fraction of sp³-hybridized carbons (Fsp3) is 0.686. The SMILES string of the molecule is CCS(C1=CC=C(C2CCCCC2)CC1C)(c1ccc(C2CCCCC2)cc1)c1ccc(C2C3CC4CC2CC(CCS(=O)(=O)O)(C4)C3)c(C2CCCCC2)c1. The van der Waals surface area contributed by atoms with Gasteiger partial charge in [-0.1, -0.05) is 108 Å². The normalized spacial score (nSPS) is 33.4. The molecule has 5 heteroatoms. The van der Waals surface area contributed by atoms with Crippen molar-refractivity contribution in [3.05, 3.63) is 81.8 Å². The second kappa shape index (κ2) is 16.3. The molecule has 2 aromatic rings. The molecule has 7 fully saturated rings. The molecule has 0 heterocycles. The van der Waals surface area contributed by atoms with Crippen LogP contribution >= 0.6 is 10.0 Å². The first kappa shape index (κ1) is 39.6. The molecule has 7 saturated carbocycles. The predicted molar refractivity (Wildman–Crippen MR) is 235 cm³/mol. The van der Waals surface area contributed by atoms with Gasteiger partial charge in [-0.2, -0.15) is 18.4 Å². The lowest BCUT2D eigenvalue weighted by atomic mass is 9.44. The van der Waals surface area contributed by atoms with Crippen LogP contribution in [0.15, 0.2) is 74.9 Å². The Morgan fingerprint density at radius 2 is 1.27 bits per heavy atom. The Labute approximate surface area is 342 Å². The molecule has 0 amide bonds. The molecule has 8 aliphatic rings. The van der Waals surface area contributed by atoms with Crippen LogP contribution in [0.4, 0.5) is 0 Å². The molecule has 4 unspecified atom stereocenters. The Bertz CT molecular complexity index is 1860. The van der Waals surface area contributed by atoms with Gasteiger partial charge < -0.3 is 0 Å². The van der Waals surface area contributed by atoms with Gasteiger partial charge in [0.05, 0.1) is 5.75 Å². The summed E-state index contributed by atoms with van der Waals surface area (Å²) < 4.78 is 33.6. The molecule has 8 aliphatic carbocycles. The fourth-order valence-electron chi connectivity index (χ4n) is 14.6. The Balaban J connectivity index is 1.13. The van der Waals surface area contributed by atoms with Crippen molar-refractivity contribution in [1.82, 2.24) is 0 Å². The van der Waals surface area contributed by atoms with Crippen molar-refractivity contribution in [2.75, 3.05) is 11.5 Å². The van der Waals surface area contributed by atoms with E-state index in [1.807, 2.05) is 0 Å².